The van der Waals surface area contributed by atoms with E-state index in [1.54, 1.807) is 22.8 Å². The van der Waals surface area contributed by atoms with Crippen molar-refractivity contribution in [2.75, 3.05) is 43.4 Å². The Kier molecular flexibility index (Phi) is 5.67. The largest absolute Gasteiger partial charge is 0.336 e. The monoisotopic (exact) mass is 391 g/mol. The standard InChI is InChI=1S/C19H25N3O4S/c1-3-18(23)22-9-5-6-15-14-16(7-8-17(15)22)19(24)20-10-12-21(13-11-20)27(25,26)4-2/h3,7-8,14H,1,4-6,9-13H2,2H3. The van der Waals surface area contributed by atoms with E-state index < -0.39 is 10.0 Å². The highest BCUT2D eigenvalue weighted by Gasteiger charge is 2.29. The third-order valence-electron chi connectivity index (χ3n) is 5.17. The lowest BCUT2D eigenvalue weighted by Gasteiger charge is -2.34. The Labute approximate surface area is 160 Å². The Balaban J connectivity index is 1.74. The third kappa shape index (κ3) is 3.91. The molecule has 1 fully saturated rings. The molecule has 7 nitrogen and oxygen atoms in total. The van der Waals surface area contributed by atoms with Gasteiger partial charge < -0.3 is 9.80 Å². The van der Waals surface area contributed by atoms with E-state index in [2.05, 4.69) is 6.58 Å². The predicted octanol–water partition coefficient (Wildman–Crippen LogP) is 1.26. The number of nitrogens with zero attached hydrogens (tertiary/aromatic N) is 3. The van der Waals surface area contributed by atoms with Crippen LogP contribution >= 0.6 is 0 Å². The Bertz CT molecular complexity index is 858. The maximum absolute atomic E-state index is 12.8. The van der Waals surface area contributed by atoms with Gasteiger partial charge in [0, 0.05) is 44.0 Å². The molecule has 2 amide bonds. The van der Waals surface area contributed by atoms with Crippen molar-refractivity contribution in [3.63, 3.8) is 0 Å². The number of hydrogen-bond acceptors (Lipinski definition) is 4. The summed E-state index contributed by atoms with van der Waals surface area (Å²) in [6, 6.07) is 5.42. The number of sulfonamides is 1. The molecule has 0 aromatic heterocycles. The van der Waals surface area contributed by atoms with Crippen LogP contribution in [0.2, 0.25) is 0 Å². The van der Waals surface area contributed by atoms with Gasteiger partial charge in [0.2, 0.25) is 15.9 Å². The molecule has 0 unspecified atom stereocenters. The first-order chi connectivity index (χ1) is 12.9. The second-order valence-electron chi connectivity index (χ2n) is 6.73. The fourth-order valence-corrected chi connectivity index (χ4v) is 4.69. The summed E-state index contributed by atoms with van der Waals surface area (Å²) < 4.78 is 25.4. The van der Waals surface area contributed by atoms with Crippen LogP contribution in [-0.2, 0) is 21.2 Å². The van der Waals surface area contributed by atoms with Gasteiger partial charge in [-0.1, -0.05) is 6.58 Å². The molecule has 146 valence electrons. The Morgan fingerprint density at radius 1 is 1.15 bits per heavy atom. The molecular formula is C19H25N3O4S. The van der Waals surface area contributed by atoms with Crippen LogP contribution < -0.4 is 4.90 Å². The van der Waals surface area contributed by atoms with Gasteiger partial charge in [-0.3, -0.25) is 9.59 Å². The molecule has 1 saturated heterocycles. The van der Waals surface area contributed by atoms with Crippen molar-refractivity contribution >= 4 is 27.5 Å². The number of piperazine rings is 1. The third-order valence-corrected chi connectivity index (χ3v) is 7.05. The lowest BCUT2D eigenvalue weighted by atomic mass is 9.98. The zero-order valence-corrected chi connectivity index (χ0v) is 16.4. The number of benzene rings is 1. The summed E-state index contributed by atoms with van der Waals surface area (Å²) in [4.78, 5) is 28.2. The quantitative estimate of drug-likeness (QED) is 0.724. The Morgan fingerprint density at radius 2 is 1.85 bits per heavy atom. The van der Waals surface area contributed by atoms with Gasteiger partial charge in [0.05, 0.1) is 5.75 Å². The number of carbonyl (C=O) groups excluding carboxylic acids is 2. The molecule has 0 bridgehead atoms. The molecule has 0 saturated carbocycles. The van der Waals surface area contributed by atoms with Gasteiger partial charge in [-0.2, -0.15) is 4.31 Å². The summed E-state index contributed by atoms with van der Waals surface area (Å²) in [5.74, 6) is -0.159. The zero-order valence-electron chi connectivity index (χ0n) is 15.6. The van der Waals surface area contributed by atoms with E-state index in [9.17, 15) is 18.0 Å². The van der Waals surface area contributed by atoms with E-state index in [4.69, 9.17) is 0 Å². The molecule has 8 heteroatoms. The summed E-state index contributed by atoms with van der Waals surface area (Å²) in [5, 5.41) is 0. The minimum Gasteiger partial charge on any atom is -0.336 e. The SMILES string of the molecule is C=CC(=O)N1CCCc2cc(C(=O)N3CCN(S(=O)(=O)CC)CC3)ccc21. The molecular weight excluding hydrogens is 366 g/mol. The summed E-state index contributed by atoms with van der Waals surface area (Å²) in [6.07, 6.45) is 2.97. The molecule has 2 aliphatic heterocycles. The van der Waals surface area contributed by atoms with Gasteiger partial charge in [0.15, 0.2) is 0 Å². The molecule has 0 aliphatic carbocycles. The van der Waals surface area contributed by atoms with E-state index in [-0.39, 0.29) is 17.6 Å². The molecule has 2 heterocycles. The van der Waals surface area contributed by atoms with Crippen LogP contribution in [0, 0.1) is 0 Å². The summed E-state index contributed by atoms with van der Waals surface area (Å²) in [6.45, 7) is 7.25. The van der Waals surface area contributed by atoms with Crippen molar-refractivity contribution in [3.8, 4) is 0 Å². The molecule has 1 aromatic rings. The van der Waals surface area contributed by atoms with Crippen molar-refractivity contribution < 1.29 is 18.0 Å². The first-order valence-corrected chi connectivity index (χ1v) is 10.8. The Hall–Kier alpha value is -2.19. The second kappa shape index (κ2) is 7.82. The maximum Gasteiger partial charge on any atom is 0.253 e. The highest BCUT2D eigenvalue weighted by Crippen LogP contribution is 2.29. The van der Waals surface area contributed by atoms with Crippen LogP contribution in [0.1, 0.15) is 29.3 Å². The van der Waals surface area contributed by atoms with E-state index in [1.807, 2.05) is 12.1 Å². The summed E-state index contributed by atoms with van der Waals surface area (Å²) in [7, 11) is -3.21. The van der Waals surface area contributed by atoms with E-state index in [0.717, 1.165) is 24.1 Å². The average Bonchev–Trinajstić information content (AvgIpc) is 2.71. The normalized spacial score (nSPS) is 18.1. The fraction of sp³-hybridized carbons (Fsp3) is 0.474. The van der Waals surface area contributed by atoms with Crippen molar-refractivity contribution in [1.82, 2.24) is 9.21 Å². The second-order valence-corrected chi connectivity index (χ2v) is 8.99. The first kappa shape index (κ1) is 19.6. The highest BCUT2D eigenvalue weighted by atomic mass is 32.2. The number of aryl methyl sites for hydroxylation is 1. The van der Waals surface area contributed by atoms with Crippen LogP contribution in [0.4, 0.5) is 5.69 Å². The maximum atomic E-state index is 12.8. The van der Waals surface area contributed by atoms with Gasteiger partial charge in [0.1, 0.15) is 0 Å². The number of rotatable bonds is 4. The Morgan fingerprint density at radius 3 is 2.48 bits per heavy atom. The number of carbonyl (C=O) groups is 2. The molecule has 0 atom stereocenters. The van der Waals surface area contributed by atoms with Crippen LogP contribution in [0.15, 0.2) is 30.9 Å². The van der Waals surface area contributed by atoms with Crippen molar-refractivity contribution in [2.24, 2.45) is 0 Å². The van der Waals surface area contributed by atoms with Gasteiger partial charge in [-0.05, 0) is 49.6 Å². The molecule has 3 rings (SSSR count). The van der Waals surface area contributed by atoms with Gasteiger partial charge in [-0.25, -0.2) is 8.42 Å². The van der Waals surface area contributed by atoms with Gasteiger partial charge in [-0.15, -0.1) is 0 Å². The van der Waals surface area contributed by atoms with E-state index in [1.165, 1.54) is 10.4 Å². The molecule has 2 aliphatic rings. The van der Waals surface area contributed by atoms with Crippen molar-refractivity contribution in [2.45, 2.75) is 19.8 Å². The number of fused-ring (bicyclic) bond motifs is 1. The lowest BCUT2D eigenvalue weighted by molar-refractivity contribution is -0.114. The molecule has 0 radical (unpaired) electrons. The zero-order chi connectivity index (χ0) is 19.6. The minimum absolute atomic E-state index is 0.0751. The number of anilines is 1. The van der Waals surface area contributed by atoms with E-state index in [0.29, 0.717) is 38.3 Å². The van der Waals surface area contributed by atoms with Crippen LogP contribution in [0.3, 0.4) is 0 Å². The van der Waals surface area contributed by atoms with Crippen LogP contribution in [0.25, 0.3) is 0 Å². The predicted molar refractivity (Wildman–Crippen MR) is 104 cm³/mol. The average molecular weight is 391 g/mol. The van der Waals surface area contributed by atoms with Crippen molar-refractivity contribution in [1.29, 1.82) is 0 Å². The van der Waals surface area contributed by atoms with E-state index >= 15 is 0 Å². The molecule has 1 aromatic carbocycles. The number of hydrogen-bond donors (Lipinski definition) is 0. The highest BCUT2D eigenvalue weighted by molar-refractivity contribution is 7.89. The summed E-state index contributed by atoms with van der Waals surface area (Å²) >= 11 is 0. The molecule has 0 spiro atoms. The molecule has 0 N–H and O–H groups in total. The fourth-order valence-electron chi connectivity index (χ4n) is 3.60. The molecule has 27 heavy (non-hydrogen) atoms. The first-order valence-electron chi connectivity index (χ1n) is 9.21. The van der Waals surface area contributed by atoms with Gasteiger partial charge >= 0.3 is 0 Å². The topological polar surface area (TPSA) is 78.0 Å². The minimum atomic E-state index is -3.21. The van der Waals surface area contributed by atoms with Crippen LogP contribution in [0.5, 0.6) is 0 Å². The van der Waals surface area contributed by atoms with Crippen molar-refractivity contribution in [3.05, 3.63) is 42.0 Å². The number of amides is 2. The smallest absolute Gasteiger partial charge is 0.253 e. The van der Waals surface area contributed by atoms with Gasteiger partial charge in [0.25, 0.3) is 5.91 Å². The summed E-state index contributed by atoms with van der Waals surface area (Å²) in [5.41, 5.74) is 2.39. The van der Waals surface area contributed by atoms with Crippen LogP contribution in [-0.4, -0.2) is 67.9 Å². The lowest BCUT2D eigenvalue weighted by Crippen LogP contribution is -2.50.